The highest BCUT2D eigenvalue weighted by Gasteiger charge is 2.28. The number of esters is 1. The fourth-order valence-electron chi connectivity index (χ4n) is 3.49. The molecule has 0 aliphatic carbocycles. The Labute approximate surface area is 223 Å². The number of nitrogens with zero attached hydrogens (tertiary/aromatic N) is 2. The maximum atomic E-state index is 12.9. The number of sulfonamides is 1. The molecule has 15 heteroatoms. The predicted octanol–water partition coefficient (Wildman–Crippen LogP) is 0.345. The summed E-state index contributed by atoms with van der Waals surface area (Å²) in [6.07, 6.45) is 0. The number of ether oxygens (including phenoxy) is 3. The zero-order valence-electron chi connectivity index (χ0n) is 20.9. The third kappa shape index (κ3) is 8.13. The van der Waals surface area contributed by atoms with Crippen molar-refractivity contribution in [2.24, 2.45) is 0 Å². The number of fused-ring (bicyclic) bond motifs is 1. The van der Waals surface area contributed by atoms with E-state index in [1.54, 1.807) is 18.2 Å². The molecule has 2 aromatic rings. The van der Waals surface area contributed by atoms with Crippen molar-refractivity contribution >= 4 is 39.5 Å². The van der Waals surface area contributed by atoms with Crippen LogP contribution in [0.1, 0.15) is 10.4 Å². The maximum absolute atomic E-state index is 12.9. The summed E-state index contributed by atoms with van der Waals surface area (Å²) in [5.74, 6) is -3.86. The van der Waals surface area contributed by atoms with Crippen LogP contribution in [0.2, 0.25) is 0 Å². The molecular weight excluding hydrogens is 538 g/mol. The van der Waals surface area contributed by atoms with E-state index in [0.717, 1.165) is 0 Å². The van der Waals surface area contributed by atoms with Crippen LogP contribution < -0.4 is 14.8 Å². The molecule has 39 heavy (non-hydrogen) atoms. The van der Waals surface area contributed by atoms with Crippen molar-refractivity contribution in [3.63, 3.8) is 0 Å². The molecule has 2 aromatic carbocycles. The number of likely N-dealkylation sites (N-methyl/N-ethyl adjacent to an activating group) is 1. The topological polar surface area (TPSA) is 189 Å². The van der Waals surface area contributed by atoms with E-state index in [9.17, 15) is 18.0 Å². The lowest BCUT2D eigenvalue weighted by Crippen LogP contribution is -2.47. The van der Waals surface area contributed by atoms with E-state index >= 15 is 0 Å². The highest BCUT2D eigenvalue weighted by molar-refractivity contribution is 7.89. The van der Waals surface area contributed by atoms with Gasteiger partial charge >= 0.3 is 17.9 Å². The molecule has 1 fully saturated rings. The van der Waals surface area contributed by atoms with Crippen LogP contribution in [0.4, 0.5) is 5.69 Å². The quantitative estimate of drug-likeness (QED) is 0.322. The van der Waals surface area contributed by atoms with Gasteiger partial charge in [0.1, 0.15) is 13.2 Å². The van der Waals surface area contributed by atoms with E-state index in [-0.39, 0.29) is 10.5 Å². The minimum absolute atomic E-state index is 0.0160. The highest BCUT2D eigenvalue weighted by Crippen LogP contribution is 2.32. The van der Waals surface area contributed by atoms with Gasteiger partial charge in [0.15, 0.2) is 18.1 Å². The van der Waals surface area contributed by atoms with Crippen LogP contribution >= 0.6 is 0 Å². The maximum Gasteiger partial charge on any atom is 0.414 e. The van der Waals surface area contributed by atoms with E-state index in [1.165, 1.54) is 28.6 Å². The molecule has 0 bridgehead atoms. The average molecular weight is 566 g/mol. The number of piperazine rings is 1. The third-order valence-corrected chi connectivity index (χ3v) is 7.41. The number of carbonyl (C=O) groups excluding carboxylic acids is 2. The van der Waals surface area contributed by atoms with Crippen molar-refractivity contribution in [1.29, 1.82) is 0 Å². The number of aliphatic carboxylic acids is 2. The van der Waals surface area contributed by atoms with Crippen molar-refractivity contribution in [3.05, 3.63) is 48.0 Å². The number of benzene rings is 2. The van der Waals surface area contributed by atoms with Gasteiger partial charge in [-0.3, -0.25) is 4.79 Å². The van der Waals surface area contributed by atoms with Crippen LogP contribution in [0.15, 0.2) is 47.4 Å². The molecule has 1 saturated heterocycles. The van der Waals surface area contributed by atoms with Crippen LogP contribution in [-0.2, 0) is 29.1 Å². The fraction of sp³-hybridized carbons (Fsp3) is 0.333. The number of anilines is 1. The average Bonchev–Trinajstić information content (AvgIpc) is 2.92. The first kappa shape index (κ1) is 29.3. The third-order valence-electron chi connectivity index (χ3n) is 5.51. The first-order chi connectivity index (χ1) is 18.5. The Balaban J connectivity index is 0.000000631. The molecule has 2 heterocycles. The first-order valence-electron chi connectivity index (χ1n) is 11.6. The molecule has 0 atom stereocenters. The molecule has 0 saturated carbocycles. The molecular formula is C24H27N3O11S. The molecule has 0 unspecified atom stereocenters. The van der Waals surface area contributed by atoms with Crippen molar-refractivity contribution in [3.8, 4) is 11.5 Å². The van der Waals surface area contributed by atoms with Crippen LogP contribution in [-0.4, -0.2) is 105 Å². The van der Waals surface area contributed by atoms with Crippen LogP contribution in [0.25, 0.3) is 0 Å². The van der Waals surface area contributed by atoms with E-state index in [2.05, 4.69) is 10.2 Å². The standard InChI is InChI=1S/C22H25N3O7S.C2H2O4/c1-24-7-9-25(10-8-24)33(28,29)18-4-2-3-16(13-18)22(27)32-15-21(26)23-17-5-6-19-20(14-17)31-12-11-30-19;3-1(4)2(5)6/h2-6,13-14H,7-12,15H2,1H3,(H,23,26);(H,3,4)(H,5,6). The summed E-state index contributed by atoms with van der Waals surface area (Å²) in [5, 5.41) is 17.4. The Hall–Kier alpha value is -4.21. The van der Waals surface area contributed by atoms with Crippen molar-refractivity contribution < 1.29 is 52.0 Å². The fourth-order valence-corrected chi connectivity index (χ4v) is 4.96. The zero-order chi connectivity index (χ0) is 28.6. The summed E-state index contributed by atoms with van der Waals surface area (Å²) in [7, 11) is -1.79. The predicted molar refractivity (Wildman–Crippen MR) is 134 cm³/mol. The van der Waals surface area contributed by atoms with Gasteiger partial charge in [0.25, 0.3) is 5.91 Å². The van der Waals surface area contributed by atoms with Crippen LogP contribution in [0.5, 0.6) is 11.5 Å². The number of rotatable bonds is 6. The number of nitrogens with one attached hydrogen (secondary N) is 1. The van der Waals surface area contributed by atoms with Crippen molar-refractivity contribution in [2.45, 2.75) is 4.90 Å². The van der Waals surface area contributed by atoms with Gasteiger partial charge in [-0.25, -0.2) is 22.8 Å². The van der Waals surface area contributed by atoms with Gasteiger partial charge in [-0.1, -0.05) is 6.07 Å². The second-order valence-electron chi connectivity index (χ2n) is 8.33. The minimum atomic E-state index is -3.72. The van der Waals surface area contributed by atoms with Gasteiger partial charge in [-0.15, -0.1) is 0 Å². The SMILES string of the molecule is CN1CCN(S(=O)(=O)c2cccc(C(=O)OCC(=O)Nc3ccc4c(c3)OCCO4)c2)CC1.O=C(O)C(=O)O. The van der Waals surface area contributed by atoms with Crippen molar-refractivity contribution in [1.82, 2.24) is 9.21 Å². The zero-order valence-corrected chi connectivity index (χ0v) is 21.7. The molecule has 4 rings (SSSR count). The summed E-state index contributed by atoms with van der Waals surface area (Å²) in [4.78, 5) is 44.9. The largest absolute Gasteiger partial charge is 0.486 e. The first-order valence-corrected chi connectivity index (χ1v) is 13.0. The Bertz CT molecular complexity index is 1330. The Morgan fingerprint density at radius 3 is 2.21 bits per heavy atom. The molecule has 210 valence electrons. The monoisotopic (exact) mass is 565 g/mol. The van der Waals surface area contributed by atoms with E-state index in [0.29, 0.717) is 56.6 Å². The van der Waals surface area contributed by atoms with Gasteiger partial charge in [0, 0.05) is 37.9 Å². The number of amides is 1. The van der Waals surface area contributed by atoms with Gasteiger partial charge in [0.2, 0.25) is 10.0 Å². The van der Waals surface area contributed by atoms with E-state index in [4.69, 9.17) is 34.0 Å². The van der Waals surface area contributed by atoms with Crippen LogP contribution in [0, 0.1) is 0 Å². The Morgan fingerprint density at radius 1 is 0.923 bits per heavy atom. The van der Waals surface area contributed by atoms with Gasteiger partial charge in [0.05, 0.1) is 10.5 Å². The van der Waals surface area contributed by atoms with Gasteiger partial charge in [-0.2, -0.15) is 4.31 Å². The Morgan fingerprint density at radius 2 is 1.56 bits per heavy atom. The molecule has 2 aliphatic heterocycles. The number of hydrogen-bond donors (Lipinski definition) is 3. The van der Waals surface area contributed by atoms with Crippen LogP contribution in [0.3, 0.4) is 0 Å². The molecule has 0 spiro atoms. The second kappa shape index (κ2) is 13.0. The van der Waals surface area contributed by atoms with E-state index < -0.39 is 40.4 Å². The summed E-state index contributed by atoms with van der Waals surface area (Å²) in [5.41, 5.74) is 0.526. The molecule has 3 N–H and O–H groups in total. The number of carboxylic acid groups (broad SMARTS) is 2. The Kier molecular flexibility index (Phi) is 9.81. The molecule has 0 radical (unpaired) electrons. The normalized spacial score (nSPS) is 15.3. The summed E-state index contributed by atoms with van der Waals surface area (Å²) < 4.78 is 43.2. The van der Waals surface area contributed by atoms with Gasteiger partial charge < -0.3 is 34.6 Å². The lowest BCUT2D eigenvalue weighted by atomic mass is 10.2. The summed E-state index contributed by atoms with van der Waals surface area (Å²) in [6.45, 7) is 2.40. The second-order valence-corrected chi connectivity index (χ2v) is 10.3. The lowest BCUT2D eigenvalue weighted by molar-refractivity contribution is -0.159. The van der Waals surface area contributed by atoms with Crippen molar-refractivity contribution in [2.75, 3.05) is 58.4 Å². The lowest BCUT2D eigenvalue weighted by Gasteiger charge is -2.31. The smallest absolute Gasteiger partial charge is 0.414 e. The number of carbonyl (C=O) groups is 4. The molecule has 14 nitrogen and oxygen atoms in total. The molecule has 1 amide bonds. The number of hydrogen-bond acceptors (Lipinski definition) is 10. The molecule has 0 aromatic heterocycles. The van der Waals surface area contributed by atoms with E-state index in [1.807, 2.05) is 7.05 Å². The minimum Gasteiger partial charge on any atom is -0.486 e. The van der Waals surface area contributed by atoms with Gasteiger partial charge in [-0.05, 0) is 37.4 Å². The number of carboxylic acids is 2. The summed E-state index contributed by atoms with van der Waals surface area (Å²) in [6, 6.07) is 10.6. The summed E-state index contributed by atoms with van der Waals surface area (Å²) >= 11 is 0. The highest BCUT2D eigenvalue weighted by atomic mass is 32.2. The molecule has 2 aliphatic rings.